The average molecular weight is 264 g/mol. The lowest BCUT2D eigenvalue weighted by Crippen LogP contribution is -2.41. The topological polar surface area (TPSA) is 69.6 Å². The second-order valence-electron chi connectivity index (χ2n) is 4.24. The largest absolute Gasteiger partial charge is 0.395 e. The molecule has 0 saturated carbocycles. The molecule has 0 bridgehead atoms. The Labute approximate surface area is 113 Å². The van der Waals surface area contributed by atoms with Gasteiger partial charge in [-0.2, -0.15) is 0 Å². The van der Waals surface area contributed by atoms with Gasteiger partial charge in [-0.05, 0) is 25.1 Å². The molecule has 0 fully saturated rings. The van der Waals surface area contributed by atoms with Crippen LogP contribution >= 0.6 is 0 Å². The van der Waals surface area contributed by atoms with Gasteiger partial charge in [-0.3, -0.25) is 19.8 Å². The summed E-state index contributed by atoms with van der Waals surface area (Å²) in [5.74, 6) is -0.748. The lowest BCUT2D eigenvalue weighted by Gasteiger charge is -2.19. The van der Waals surface area contributed by atoms with Crippen molar-refractivity contribution in [2.45, 2.75) is 13.3 Å². The number of carbonyl (C=O) groups excluding carboxylic acids is 2. The summed E-state index contributed by atoms with van der Waals surface area (Å²) in [6, 6.07) is 8.60. The summed E-state index contributed by atoms with van der Waals surface area (Å²) in [6.07, 6.45) is 0.889. The van der Waals surface area contributed by atoms with E-state index in [9.17, 15) is 9.59 Å². The second-order valence-corrected chi connectivity index (χ2v) is 4.24. The summed E-state index contributed by atoms with van der Waals surface area (Å²) in [5, 5.41) is 11.2. The number of rotatable bonds is 7. The molecule has 0 heterocycles. The maximum absolute atomic E-state index is 11.8. The van der Waals surface area contributed by atoms with Crippen molar-refractivity contribution in [1.82, 2.24) is 10.2 Å². The number of aliphatic hydroxyl groups excluding tert-OH is 1. The molecule has 0 unspecified atom stereocenters. The summed E-state index contributed by atoms with van der Waals surface area (Å²) < 4.78 is 0. The second kappa shape index (κ2) is 8.39. The predicted molar refractivity (Wildman–Crippen MR) is 72.7 cm³/mol. The Morgan fingerprint density at radius 2 is 1.89 bits per heavy atom. The van der Waals surface area contributed by atoms with Crippen LogP contribution in [0.1, 0.15) is 23.7 Å². The standard InChI is InChI=1S/C14H20N2O3/c1-2-8-16(9-10-17)11-13(18)15-14(19)12-6-4-3-5-7-12/h3-7,17H,2,8-11H2,1H3,(H,15,18,19). The van der Waals surface area contributed by atoms with Crippen molar-refractivity contribution in [3.05, 3.63) is 35.9 Å². The highest BCUT2D eigenvalue weighted by Crippen LogP contribution is 1.98. The van der Waals surface area contributed by atoms with E-state index >= 15 is 0 Å². The third kappa shape index (κ3) is 5.63. The summed E-state index contributed by atoms with van der Waals surface area (Å²) in [5.41, 5.74) is 0.458. The zero-order chi connectivity index (χ0) is 14.1. The Bertz CT molecular complexity index is 400. The van der Waals surface area contributed by atoms with Gasteiger partial charge in [0.1, 0.15) is 0 Å². The smallest absolute Gasteiger partial charge is 0.257 e. The fraction of sp³-hybridized carbons (Fsp3) is 0.429. The van der Waals surface area contributed by atoms with Gasteiger partial charge in [-0.25, -0.2) is 0 Å². The molecule has 19 heavy (non-hydrogen) atoms. The Kier molecular flexibility index (Phi) is 6.78. The highest BCUT2D eigenvalue weighted by atomic mass is 16.3. The van der Waals surface area contributed by atoms with Crippen molar-refractivity contribution in [2.75, 3.05) is 26.2 Å². The fourth-order valence-corrected chi connectivity index (χ4v) is 1.76. The number of hydrogen-bond acceptors (Lipinski definition) is 4. The van der Waals surface area contributed by atoms with E-state index in [1.165, 1.54) is 0 Å². The minimum absolute atomic E-state index is 0.0000876. The zero-order valence-electron chi connectivity index (χ0n) is 11.1. The van der Waals surface area contributed by atoms with Gasteiger partial charge in [0, 0.05) is 12.1 Å². The first-order valence-electron chi connectivity index (χ1n) is 6.39. The molecule has 0 saturated heterocycles. The van der Waals surface area contributed by atoms with Gasteiger partial charge in [-0.1, -0.05) is 25.1 Å². The molecule has 104 valence electrons. The lowest BCUT2D eigenvalue weighted by molar-refractivity contribution is -0.121. The number of benzene rings is 1. The molecule has 2 amide bonds. The summed E-state index contributed by atoms with van der Waals surface area (Å²) in [6.45, 7) is 3.26. The molecular formula is C14H20N2O3. The number of amides is 2. The normalized spacial score (nSPS) is 10.5. The zero-order valence-corrected chi connectivity index (χ0v) is 11.1. The van der Waals surface area contributed by atoms with Gasteiger partial charge < -0.3 is 5.11 Å². The van der Waals surface area contributed by atoms with E-state index in [4.69, 9.17) is 5.11 Å². The van der Waals surface area contributed by atoms with E-state index in [0.29, 0.717) is 18.7 Å². The molecule has 0 radical (unpaired) electrons. The van der Waals surface area contributed by atoms with E-state index in [0.717, 1.165) is 6.42 Å². The van der Waals surface area contributed by atoms with Crippen LogP contribution in [0.2, 0.25) is 0 Å². The van der Waals surface area contributed by atoms with Gasteiger partial charge in [0.05, 0.1) is 13.2 Å². The minimum Gasteiger partial charge on any atom is -0.395 e. The molecule has 5 nitrogen and oxygen atoms in total. The third-order valence-electron chi connectivity index (χ3n) is 2.61. The fourth-order valence-electron chi connectivity index (χ4n) is 1.76. The highest BCUT2D eigenvalue weighted by molar-refractivity contribution is 6.05. The van der Waals surface area contributed by atoms with Gasteiger partial charge in [0.2, 0.25) is 5.91 Å². The molecule has 0 aliphatic rings. The minimum atomic E-state index is -0.397. The number of aliphatic hydroxyl groups is 1. The van der Waals surface area contributed by atoms with Crippen LogP contribution in [0.25, 0.3) is 0 Å². The van der Waals surface area contributed by atoms with E-state index in [1.807, 2.05) is 17.9 Å². The lowest BCUT2D eigenvalue weighted by atomic mass is 10.2. The molecule has 0 aromatic heterocycles. The number of nitrogens with one attached hydrogen (secondary N) is 1. The molecule has 1 rings (SSSR count). The number of imide groups is 1. The molecule has 0 atom stereocenters. The van der Waals surface area contributed by atoms with E-state index in [-0.39, 0.29) is 19.1 Å². The van der Waals surface area contributed by atoms with Crippen LogP contribution in [0.5, 0.6) is 0 Å². The van der Waals surface area contributed by atoms with Crippen LogP contribution in [0.15, 0.2) is 30.3 Å². The molecular weight excluding hydrogens is 244 g/mol. The first-order chi connectivity index (χ1) is 9.17. The number of carbonyl (C=O) groups is 2. The van der Waals surface area contributed by atoms with Gasteiger partial charge in [-0.15, -0.1) is 0 Å². The summed E-state index contributed by atoms with van der Waals surface area (Å²) in [7, 11) is 0. The van der Waals surface area contributed by atoms with Crippen molar-refractivity contribution < 1.29 is 14.7 Å². The molecule has 0 aliphatic carbocycles. The SMILES string of the molecule is CCCN(CCO)CC(=O)NC(=O)c1ccccc1. The summed E-state index contributed by atoms with van der Waals surface area (Å²) >= 11 is 0. The molecule has 0 spiro atoms. The van der Waals surface area contributed by atoms with Crippen molar-refractivity contribution >= 4 is 11.8 Å². The molecule has 1 aromatic carbocycles. The Morgan fingerprint density at radius 3 is 2.47 bits per heavy atom. The third-order valence-corrected chi connectivity index (χ3v) is 2.61. The first-order valence-corrected chi connectivity index (χ1v) is 6.39. The quantitative estimate of drug-likeness (QED) is 0.758. The number of nitrogens with zero attached hydrogens (tertiary/aromatic N) is 1. The van der Waals surface area contributed by atoms with Crippen molar-refractivity contribution in [2.24, 2.45) is 0 Å². The Hall–Kier alpha value is -1.72. The molecule has 1 aromatic rings. The van der Waals surface area contributed by atoms with E-state index < -0.39 is 5.91 Å². The van der Waals surface area contributed by atoms with Crippen LogP contribution in [0.4, 0.5) is 0 Å². The van der Waals surface area contributed by atoms with Gasteiger partial charge in [0.15, 0.2) is 0 Å². The van der Waals surface area contributed by atoms with Crippen molar-refractivity contribution in [3.63, 3.8) is 0 Å². The maximum Gasteiger partial charge on any atom is 0.257 e. The van der Waals surface area contributed by atoms with E-state index in [1.54, 1.807) is 24.3 Å². The van der Waals surface area contributed by atoms with Gasteiger partial charge in [0.25, 0.3) is 5.91 Å². The Morgan fingerprint density at radius 1 is 1.21 bits per heavy atom. The van der Waals surface area contributed by atoms with Crippen LogP contribution in [-0.2, 0) is 4.79 Å². The van der Waals surface area contributed by atoms with Crippen LogP contribution in [0.3, 0.4) is 0 Å². The summed E-state index contributed by atoms with van der Waals surface area (Å²) in [4.78, 5) is 25.3. The van der Waals surface area contributed by atoms with Crippen molar-refractivity contribution in [1.29, 1.82) is 0 Å². The Balaban J connectivity index is 2.48. The first kappa shape index (κ1) is 15.3. The number of hydrogen-bond donors (Lipinski definition) is 2. The maximum atomic E-state index is 11.8. The molecule has 5 heteroatoms. The van der Waals surface area contributed by atoms with Crippen LogP contribution in [0, 0.1) is 0 Å². The van der Waals surface area contributed by atoms with Crippen LogP contribution in [-0.4, -0.2) is 48.1 Å². The molecule has 0 aliphatic heterocycles. The van der Waals surface area contributed by atoms with Crippen molar-refractivity contribution in [3.8, 4) is 0 Å². The average Bonchev–Trinajstić information content (AvgIpc) is 2.40. The van der Waals surface area contributed by atoms with Gasteiger partial charge >= 0.3 is 0 Å². The monoisotopic (exact) mass is 264 g/mol. The highest BCUT2D eigenvalue weighted by Gasteiger charge is 2.13. The predicted octanol–water partition coefficient (Wildman–Crippen LogP) is 0.647. The molecule has 2 N–H and O–H groups in total. The van der Waals surface area contributed by atoms with Crippen LogP contribution < -0.4 is 5.32 Å². The van der Waals surface area contributed by atoms with E-state index in [2.05, 4.69) is 5.32 Å².